The second-order valence-electron chi connectivity index (χ2n) is 4.34. The van der Waals surface area contributed by atoms with Crippen molar-refractivity contribution < 1.29 is 4.39 Å². The van der Waals surface area contributed by atoms with Gasteiger partial charge in [0.25, 0.3) is 0 Å². The number of nitrogens with one attached hydrogen (secondary N) is 2. The Labute approximate surface area is 105 Å². The predicted molar refractivity (Wildman–Crippen MR) is 69.7 cm³/mol. The SMILES string of the molecule is CNc1cc(-c2ccc(F)c3c2CNC3)ccn1. The van der Waals surface area contributed by atoms with E-state index in [9.17, 15) is 4.39 Å². The molecule has 1 aliphatic rings. The van der Waals surface area contributed by atoms with E-state index in [-0.39, 0.29) is 5.82 Å². The van der Waals surface area contributed by atoms with Gasteiger partial charge in [-0.05, 0) is 34.9 Å². The van der Waals surface area contributed by atoms with Crippen LogP contribution < -0.4 is 10.6 Å². The van der Waals surface area contributed by atoms with Crippen molar-refractivity contribution >= 4 is 5.82 Å². The topological polar surface area (TPSA) is 37.0 Å². The molecule has 92 valence electrons. The highest BCUT2D eigenvalue weighted by molar-refractivity contribution is 5.71. The van der Waals surface area contributed by atoms with Crippen LogP contribution in [0.1, 0.15) is 11.1 Å². The Morgan fingerprint density at radius 2 is 2.06 bits per heavy atom. The molecule has 3 nitrogen and oxygen atoms in total. The van der Waals surface area contributed by atoms with Gasteiger partial charge in [0.1, 0.15) is 11.6 Å². The van der Waals surface area contributed by atoms with Crippen molar-refractivity contribution in [3.05, 3.63) is 47.4 Å². The van der Waals surface area contributed by atoms with Gasteiger partial charge in [-0.15, -0.1) is 0 Å². The lowest BCUT2D eigenvalue weighted by Crippen LogP contribution is -2.00. The van der Waals surface area contributed by atoms with E-state index in [2.05, 4.69) is 15.6 Å². The van der Waals surface area contributed by atoms with Crippen molar-refractivity contribution in [2.24, 2.45) is 0 Å². The van der Waals surface area contributed by atoms with Gasteiger partial charge in [-0.1, -0.05) is 6.07 Å². The minimum atomic E-state index is -0.123. The molecular formula is C14H14FN3. The molecule has 2 N–H and O–H groups in total. The Bertz CT molecular complexity index is 596. The second-order valence-corrected chi connectivity index (χ2v) is 4.34. The molecule has 1 aromatic heterocycles. The lowest BCUT2D eigenvalue weighted by molar-refractivity contribution is 0.608. The van der Waals surface area contributed by atoms with Crippen LogP contribution in [0, 0.1) is 5.82 Å². The average Bonchev–Trinajstić information content (AvgIpc) is 2.89. The summed E-state index contributed by atoms with van der Waals surface area (Å²) in [4.78, 5) is 4.19. The maximum Gasteiger partial charge on any atom is 0.128 e. The van der Waals surface area contributed by atoms with Crippen molar-refractivity contribution in [2.45, 2.75) is 13.1 Å². The van der Waals surface area contributed by atoms with Gasteiger partial charge >= 0.3 is 0 Å². The van der Waals surface area contributed by atoms with Crippen LogP contribution in [-0.4, -0.2) is 12.0 Å². The Kier molecular flexibility index (Phi) is 2.72. The van der Waals surface area contributed by atoms with E-state index in [4.69, 9.17) is 0 Å². The van der Waals surface area contributed by atoms with Crippen LogP contribution in [0.2, 0.25) is 0 Å². The minimum Gasteiger partial charge on any atom is -0.373 e. The lowest BCUT2D eigenvalue weighted by Gasteiger charge is -2.10. The molecule has 0 spiro atoms. The monoisotopic (exact) mass is 243 g/mol. The number of rotatable bonds is 2. The molecule has 1 aliphatic heterocycles. The van der Waals surface area contributed by atoms with Crippen LogP contribution in [0.4, 0.5) is 10.2 Å². The van der Waals surface area contributed by atoms with Gasteiger partial charge in [-0.3, -0.25) is 0 Å². The number of hydrogen-bond donors (Lipinski definition) is 2. The maximum atomic E-state index is 13.7. The summed E-state index contributed by atoms with van der Waals surface area (Å²) >= 11 is 0. The van der Waals surface area contributed by atoms with Crippen molar-refractivity contribution in [2.75, 3.05) is 12.4 Å². The molecule has 0 saturated heterocycles. The number of anilines is 1. The Balaban J connectivity index is 2.15. The minimum absolute atomic E-state index is 0.123. The van der Waals surface area contributed by atoms with Crippen molar-refractivity contribution in [3.8, 4) is 11.1 Å². The molecule has 0 bridgehead atoms. The molecule has 2 heterocycles. The van der Waals surface area contributed by atoms with Crippen molar-refractivity contribution in [1.29, 1.82) is 0 Å². The summed E-state index contributed by atoms with van der Waals surface area (Å²) in [6, 6.07) is 7.31. The van der Waals surface area contributed by atoms with Gasteiger partial charge in [0.2, 0.25) is 0 Å². The number of nitrogens with zero attached hydrogens (tertiary/aromatic N) is 1. The lowest BCUT2D eigenvalue weighted by atomic mass is 9.97. The summed E-state index contributed by atoms with van der Waals surface area (Å²) in [5.74, 6) is 0.693. The first kappa shape index (κ1) is 11.2. The van der Waals surface area contributed by atoms with E-state index >= 15 is 0 Å². The third kappa shape index (κ3) is 1.75. The van der Waals surface area contributed by atoms with Gasteiger partial charge in [0.15, 0.2) is 0 Å². The molecule has 2 aromatic rings. The number of fused-ring (bicyclic) bond motifs is 1. The van der Waals surface area contributed by atoms with Gasteiger partial charge in [0.05, 0.1) is 0 Å². The van der Waals surface area contributed by atoms with E-state index < -0.39 is 0 Å². The van der Waals surface area contributed by atoms with Crippen LogP contribution in [0.25, 0.3) is 11.1 Å². The third-order valence-electron chi connectivity index (χ3n) is 3.30. The molecule has 0 atom stereocenters. The highest BCUT2D eigenvalue weighted by Crippen LogP contribution is 2.31. The first-order valence-corrected chi connectivity index (χ1v) is 5.95. The first-order valence-electron chi connectivity index (χ1n) is 5.95. The number of pyridine rings is 1. The Morgan fingerprint density at radius 3 is 2.89 bits per heavy atom. The second kappa shape index (κ2) is 4.38. The van der Waals surface area contributed by atoms with Gasteiger partial charge < -0.3 is 10.6 Å². The van der Waals surface area contributed by atoms with Crippen LogP contribution in [-0.2, 0) is 13.1 Å². The molecule has 1 aromatic carbocycles. The number of benzene rings is 1. The van der Waals surface area contributed by atoms with Crippen LogP contribution in [0.5, 0.6) is 0 Å². The summed E-state index contributed by atoms with van der Waals surface area (Å²) in [7, 11) is 1.84. The van der Waals surface area contributed by atoms with Gasteiger partial charge in [-0.25, -0.2) is 9.37 Å². The molecule has 4 heteroatoms. The number of aromatic nitrogens is 1. The molecule has 0 fully saturated rings. The highest BCUT2D eigenvalue weighted by Gasteiger charge is 2.19. The molecular weight excluding hydrogens is 229 g/mol. The molecule has 0 aliphatic carbocycles. The standard InChI is InChI=1S/C14H14FN3/c1-16-14-6-9(4-5-18-14)10-2-3-13(15)12-8-17-7-11(10)12/h2-6,17H,7-8H2,1H3,(H,16,18). The largest absolute Gasteiger partial charge is 0.373 e. The first-order chi connectivity index (χ1) is 8.79. The number of halogens is 1. The summed E-state index contributed by atoms with van der Waals surface area (Å²) in [6.07, 6.45) is 1.76. The van der Waals surface area contributed by atoms with E-state index in [1.54, 1.807) is 12.3 Å². The number of hydrogen-bond acceptors (Lipinski definition) is 3. The van der Waals surface area contributed by atoms with Crippen molar-refractivity contribution in [1.82, 2.24) is 10.3 Å². The molecule has 0 saturated carbocycles. The summed E-state index contributed by atoms with van der Waals surface area (Å²) < 4.78 is 13.7. The van der Waals surface area contributed by atoms with Gasteiger partial charge in [-0.2, -0.15) is 0 Å². The third-order valence-corrected chi connectivity index (χ3v) is 3.30. The normalized spacial score (nSPS) is 13.4. The summed E-state index contributed by atoms with van der Waals surface area (Å²) in [6.45, 7) is 1.33. The Morgan fingerprint density at radius 1 is 1.22 bits per heavy atom. The zero-order valence-electron chi connectivity index (χ0n) is 10.1. The van der Waals surface area contributed by atoms with Crippen LogP contribution in [0.3, 0.4) is 0 Å². The Hall–Kier alpha value is -1.94. The molecule has 3 rings (SSSR count). The summed E-state index contributed by atoms with van der Waals surface area (Å²) in [5.41, 5.74) is 3.99. The average molecular weight is 243 g/mol. The molecule has 0 radical (unpaired) electrons. The van der Waals surface area contributed by atoms with Crippen LogP contribution in [0.15, 0.2) is 30.5 Å². The van der Waals surface area contributed by atoms with Crippen molar-refractivity contribution in [3.63, 3.8) is 0 Å². The molecule has 0 amide bonds. The smallest absolute Gasteiger partial charge is 0.128 e. The fourth-order valence-corrected chi connectivity index (χ4v) is 2.38. The fraction of sp³-hybridized carbons (Fsp3) is 0.214. The maximum absolute atomic E-state index is 13.7. The van der Waals surface area contributed by atoms with E-state index in [1.807, 2.05) is 25.2 Å². The summed E-state index contributed by atoms with van der Waals surface area (Å²) in [5, 5.41) is 6.21. The van der Waals surface area contributed by atoms with E-state index in [0.29, 0.717) is 6.54 Å². The van der Waals surface area contributed by atoms with Crippen LogP contribution >= 0.6 is 0 Å². The predicted octanol–water partition coefficient (Wildman–Crippen LogP) is 2.53. The zero-order valence-corrected chi connectivity index (χ0v) is 10.1. The molecule has 18 heavy (non-hydrogen) atoms. The van der Waals surface area contributed by atoms with E-state index in [1.165, 1.54) is 0 Å². The fourth-order valence-electron chi connectivity index (χ4n) is 2.38. The van der Waals surface area contributed by atoms with Gasteiger partial charge in [0, 0.05) is 31.9 Å². The quantitative estimate of drug-likeness (QED) is 0.851. The highest BCUT2D eigenvalue weighted by atomic mass is 19.1. The zero-order chi connectivity index (χ0) is 12.5. The van der Waals surface area contributed by atoms with E-state index in [0.717, 1.165) is 34.6 Å². The molecule has 0 unspecified atom stereocenters.